The minimum Gasteiger partial charge on any atom is -0.355 e. The van der Waals surface area contributed by atoms with Crippen LogP contribution in [-0.2, 0) is 9.59 Å². The van der Waals surface area contributed by atoms with Gasteiger partial charge in [-0.05, 0) is 37.0 Å². The first-order valence-electron chi connectivity index (χ1n) is 8.15. The average molecular weight is 295 g/mol. The van der Waals surface area contributed by atoms with E-state index in [2.05, 4.69) is 31.4 Å². The van der Waals surface area contributed by atoms with E-state index in [4.69, 9.17) is 5.73 Å². The summed E-state index contributed by atoms with van der Waals surface area (Å²) in [6.45, 7) is 6.80. The molecule has 120 valence electrons. The Labute approximate surface area is 127 Å². The number of carbonyl (C=O) groups is 2. The topological polar surface area (TPSA) is 84.2 Å². The van der Waals surface area contributed by atoms with E-state index >= 15 is 0 Å². The van der Waals surface area contributed by atoms with Crippen LogP contribution in [0.1, 0.15) is 52.9 Å². The van der Waals surface area contributed by atoms with Gasteiger partial charge in [-0.15, -0.1) is 0 Å². The quantitative estimate of drug-likeness (QED) is 0.712. The molecule has 0 radical (unpaired) electrons. The molecule has 0 saturated heterocycles. The Morgan fingerprint density at radius 1 is 1.19 bits per heavy atom. The Kier molecular flexibility index (Phi) is 4.91. The van der Waals surface area contributed by atoms with Crippen LogP contribution in [0.2, 0.25) is 0 Å². The summed E-state index contributed by atoms with van der Waals surface area (Å²) in [6.07, 6.45) is 4.27. The normalized spacial score (nSPS) is 31.5. The van der Waals surface area contributed by atoms with Crippen LogP contribution in [0.15, 0.2) is 0 Å². The summed E-state index contributed by atoms with van der Waals surface area (Å²) >= 11 is 0. The fourth-order valence-corrected chi connectivity index (χ4v) is 3.27. The van der Waals surface area contributed by atoms with Gasteiger partial charge in [0, 0.05) is 31.0 Å². The van der Waals surface area contributed by atoms with Gasteiger partial charge >= 0.3 is 0 Å². The van der Waals surface area contributed by atoms with Crippen LogP contribution in [0.4, 0.5) is 0 Å². The van der Waals surface area contributed by atoms with E-state index in [1.807, 2.05) is 0 Å². The molecule has 0 aliphatic heterocycles. The molecule has 3 atom stereocenters. The second-order valence-corrected chi connectivity index (χ2v) is 7.29. The maximum Gasteiger partial charge on any atom is 0.223 e. The van der Waals surface area contributed by atoms with E-state index in [1.165, 1.54) is 0 Å². The van der Waals surface area contributed by atoms with Gasteiger partial charge in [-0.25, -0.2) is 0 Å². The molecule has 21 heavy (non-hydrogen) atoms. The second-order valence-electron chi connectivity index (χ2n) is 7.29. The number of rotatable bonds is 5. The monoisotopic (exact) mass is 295 g/mol. The van der Waals surface area contributed by atoms with E-state index in [0.29, 0.717) is 24.9 Å². The van der Waals surface area contributed by atoms with Crippen LogP contribution in [0, 0.1) is 17.3 Å². The number of nitrogens with one attached hydrogen (secondary N) is 2. The molecule has 3 unspecified atom stereocenters. The molecule has 0 spiro atoms. The molecule has 5 nitrogen and oxygen atoms in total. The lowest BCUT2D eigenvalue weighted by Crippen LogP contribution is -2.51. The predicted molar refractivity (Wildman–Crippen MR) is 82.4 cm³/mol. The van der Waals surface area contributed by atoms with Crippen molar-refractivity contribution in [2.75, 3.05) is 6.54 Å². The predicted octanol–water partition coefficient (Wildman–Crippen LogP) is 1.17. The van der Waals surface area contributed by atoms with Gasteiger partial charge < -0.3 is 16.4 Å². The first-order valence-corrected chi connectivity index (χ1v) is 8.15. The number of hydrogen-bond acceptors (Lipinski definition) is 3. The summed E-state index contributed by atoms with van der Waals surface area (Å²) in [4.78, 5) is 24.0. The molecule has 4 N–H and O–H groups in total. The minimum absolute atomic E-state index is 0.0150. The summed E-state index contributed by atoms with van der Waals surface area (Å²) < 4.78 is 0. The van der Waals surface area contributed by atoms with Gasteiger partial charge in [0.2, 0.25) is 11.8 Å². The fraction of sp³-hybridized carbons (Fsp3) is 0.875. The summed E-state index contributed by atoms with van der Waals surface area (Å²) in [5.74, 6) is 0.410. The lowest BCUT2D eigenvalue weighted by atomic mass is 9.61. The van der Waals surface area contributed by atoms with Crippen LogP contribution in [0.5, 0.6) is 0 Å². The van der Waals surface area contributed by atoms with Crippen LogP contribution in [0.3, 0.4) is 0 Å². The molecule has 0 aromatic rings. The number of hydrogen-bond donors (Lipinski definition) is 3. The number of amides is 2. The summed E-state index contributed by atoms with van der Waals surface area (Å²) in [5, 5.41) is 5.86. The highest BCUT2D eigenvalue weighted by Gasteiger charge is 2.44. The van der Waals surface area contributed by atoms with Gasteiger partial charge in [0.25, 0.3) is 0 Å². The maximum atomic E-state index is 12.4. The smallest absolute Gasteiger partial charge is 0.223 e. The zero-order chi connectivity index (χ0) is 15.6. The summed E-state index contributed by atoms with van der Waals surface area (Å²) in [7, 11) is 0. The van der Waals surface area contributed by atoms with Crippen molar-refractivity contribution in [2.45, 2.75) is 65.0 Å². The second kappa shape index (κ2) is 6.34. The van der Waals surface area contributed by atoms with Crippen molar-refractivity contribution in [3.05, 3.63) is 0 Å². The van der Waals surface area contributed by atoms with Gasteiger partial charge in [0.05, 0.1) is 0 Å². The number of nitrogens with two attached hydrogens (primary N) is 1. The van der Waals surface area contributed by atoms with E-state index in [1.54, 1.807) is 0 Å². The highest BCUT2D eigenvalue weighted by atomic mass is 16.2. The molecule has 0 bridgehead atoms. The van der Waals surface area contributed by atoms with E-state index < -0.39 is 0 Å². The van der Waals surface area contributed by atoms with Gasteiger partial charge in [-0.2, -0.15) is 0 Å². The molecule has 0 aromatic carbocycles. The molecular formula is C16H29N3O2. The highest BCUT2D eigenvalue weighted by molar-refractivity contribution is 5.81. The fourth-order valence-electron chi connectivity index (χ4n) is 3.27. The van der Waals surface area contributed by atoms with E-state index in [0.717, 1.165) is 25.7 Å². The maximum absolute atomic E-state index is 12.4. The molecule has 2 aliphatic rings. The lowest BCUT2D eigenvalue weighted by Gasteiger charge is -2.46. The lowest BCUT2D eigenvalue weighted by molar-refractivity contribution is -0.132. The molecule has 2 saturated carbocycles. The molecule has 0 aromatic heterocycles. The van der Waals surface area contributed by atoms with Crippen molar-refractivity contribution in [1.29, 1.82) is 0 Å². The SMILES string of the molecule is CC1C(N)CCC(C(=O)NCCC(=O)NC2CC2)C1(C)C. The Morgan fingerprint density at radius 2 is 1.86 bits per heavy atom. The zero-order valence-electron chi connectivity index (χ0n) is 13.4. The third-order valence-corrected chi connectivity index (χ3v) is 5.41. The summed E-state index contributed by atoms with van der Waals surface area (Å²) in [6, 6.07) is 0.557. The molecule has 2 rings (SSSR count). The molecular weight excluding hydrogens is 266 g/mol. The molecule has 2 amide bonds. The van der Waals surface area contributed by atoms with Crippen molar-refractivity contribution in [2.24, 2.45) is 23.0 Å². The standard InChI is InChI=1S/C16H29N3O2/c1-10-13(17)7-6-12(16(10,2)3)15(21)18-9-8-14(20)19-11-4-5-11/h10-13H,4-9,17H2,1-3H3,(H,18,21)(H,19,20). The van der Waals surface area contributed by atoms with Gasteiger partial charge in [-0.3, -0.25) is 9.59 Å². The van der Waals surface area contributed by atoms with Crippen molar-refractivity contribution in [3.63, 3.8) is 0 Å². The molecule has 0 heterocycles. The van der Waals surface area contributed by atoms with Crippen LogP contribution < -0.4 is 16.4 Å². The molecule has 2 aliphatic carbocycles. The Balaban J connectivity index is 1.77. The van der Waals surface area contributed by atoms with Crippen molar-refractivity contribution < 1.29 is 9.59 Å². The average Bonchev–Trinajstić information content (AvgIpc) is 3.19. The van der Waals surface area contributed by atoms with E-state index in [-0.39, 0.29) is 29.2 Å². The van der Waals surface area contributed by atoms with Gasteiger partial charge in [0.1, 0.15) is 0 Å². The van der Waals surface area contributed by atoms with Gasteiger partial charge in [-0.1, -0.05) is 20.8 Å². The third kappa shape index (κ3) is 3.96. The summed E-state index contributed by atoms with van der Waals surface area (Å²) in [5.41, 5.74) is 6.02. The Hall–Kier alpha value is -1.10. The van der Waals surface area contributed by atoms with Crippen LogP contribution >= 0.6 is 0 Å². The minimum atomic E-state index is -0.0992. The van der Waals surface area contributed by atoms with E-state index in [9.17, 15) is 9.59 Å². The van der Waals surface area contributed by atoms with Crippen LogP contribution in [-0.4, -0.2) is 30.4 Å². The van der Waals surface area contributed by atoms with Crippen molar-refractivity contribution in [1.82, 2.24) is 10.6 Å². The first-order chi connectivity index (χ1) is 9.82. The van der Waals surface area contributed by atoms with Crippen LogP contribution in [0.25, 0.3) is 0 Å². The highest BCUT2D eigenvalue weighted by Crippen LogP contribution is 2.44. The Morgan fingerprint density at radius 3 is 2.48 bits per heavy atom. The van der Waals surface area contributed by atoms with Crippen molar-refractivity contribution in [3.8, 4) is 0 Å². The Bertz CT molecular complexity index is 404. The zero-order valence-corrected chi connectivity index (χ0v) is 13.4. The van der Waals surface area contributed by atoms with Crippen molar-refractivity contribution >= 4 is 11.8 Å². The molecule has 2 fully saturated rings. The largest absolute Gasteiger partial charge is 0.355 e. The third-order valence-electron chi connectivity index (χ3n) is 5.41. The first kappa shape index (κ1) is 16.3. The van der Waals surface area contributed by atoms with Gasteiger partial charge in [0.15, 0.2) is 0 Å². The number of carbonyl (C=O) groups excluding carboxylic acids is 2. The molecule has 5 heteroatoms.